The van der Waals surface area contributed by atoms with Crippen molar-refractivity contribution in [3.63, 3.8) is 0 Å². The van der Waals surface area contributed by atoms with Crippen molar-refractivity contribution in [1.29, 1.82) is 0 Å². The quantitative estimate of drug-likeness (QED) is 0.860. The molecule has 0 saturated carbocycles. The van der Waals surface area contributed by atoms with Crippen LogP contribution in [0.25, 0.3) is 11.0 Å². The van der Waals surface area contributed by atoms with E-state index in [1.54, 1.807) is 18.2 Å². The van der Waals surface area contributed by atoms with Crippen LogP contribution >= 0.6 is 0 Å². The third kappa shape index (κ3) is 2.02. The Balaban J connectivity index is 2.06. The fraction of sp³-hybridized carbons (Fsp3) is 0.417. The molecule has 1 aromatic carbocycles. The molecule has 1 fully saturated rings. The van der Waals surface area contributed by atoms with Crippen LogP contribution in [0.15, 0.2) is 23.1 Å². The normalized spacial score (nSPS) is 20.6. The molecule has 0 amide bonds. The SMILES string of the molecule is CS(=O)(=O)c1ccc2nc(C3CCCN3)[nH]c2c1. The van der Waals surface area contributed by atoms with Gasteiger partial charge in [-0.15, -0.1) is 0 Å². The third-order valence-electron chi connectivity index (χ3n) is 3.29. The van der Waals surface area contributed by atoms with E-state index in [1.165, 1.54) is 6.26 Å². The van der Waals surface area contributed by atoms with E-state index in [1.807, 2.05) is 0 Å². The van der Waals surface area contributed by atoms with Gasteiger partial charge in [0, 0.05) is 6.26 Å². The number of rotatable bonds is 2. The van der Waals surface area contributed by atoms with Crippen molar-refractivity contribution in [2.45, 2.75) is 23.8 Å². The highest BCUT2D eigenvalue weighted by Gasteiger charge is 2.20. The Morgan fingerprint density at radius 3 is 2.89 bits per heavy atom. The molecule has 18 heavy (non-hydrogen) atoms. The van der Waals surface area contributed by atoms with E-state index in [-0.39, 0.29) is 6.04 Å². The van der Waals surface area contributed by atoms with E-state index in [4.69, 9.17) is 0 Å². The predicted octanol–water partition coefficient (Wildman–Crippen LogP) is 1.39. The first-order chi connectivity index (χ1) is 8.54. The number of benzene rings is 1. The molecule has 0 spiro atoms. The Hall–Kier alpha value is -1.40. The summed E-state index contributed by atoms with van der Waals surface area (Å²) in [6.45, 7) is 1.01. The fourth-order valence-electron chi connectivity index (χ4n) is 2.32. The van der Waals surface area contributed by atoms with Crippen molar-refractivity contribution in [3.8, 4) is 0 Å². The largest absolute Gasteiger partial charge is 0.341 e. The van der Waals surface area contributed by atoms with Crippen LogP contribution in [0.3, 0.4) is 0 Å². The summed E-state index contributed by atoms with van der Waals surface area (Å²) >= 11 is 0. The topological polar surface area (TPSA) is 74.8 Å². The number of sulfone groups is 1. The number of nitrogens with one attached hydrogen (secondary N) is 2. The lowest BCUT2D eigenvalue weighted by molar-refractivity contribution is 0.602. The Morgan fingerprint density at radius 2 is 2.22 bits per heavy atom. The minimum atomic E-state index is -3.17. The summed E-state index contributed by atoms with van der Waals surface area (Å²) in [5.74, 6) is 0.896. The number of hydrogen-bond donors (Lipinski definition) is 2. The molecule has 1 aliphatic heterocycles. The summed E-state index contributed by atoms with van der Waals surface area (Å²) in [6, 6.07) is 5.26. The number of aromatic nitrogens is 2. The lowest BCUT2D eigenvalue weighted by Gasteiger charge is -2.04. The zero-order valence-corrected chi connectivity index (χ0v) is 10.9. The van der Waals surface area contributed by atoms with Gasteiger partial charge in [-0.25, -0.2) is 13.4 Å². The van der Waals surface area contributed by atoms with Gasteiger partial charge >= 0.3 is 0 Å². The van der Waals surface area contributed by atoms with Gasteiger partial charge in [0.2, 0.25) is 0 Å². The van der Waals surface area contributed by atoms with Crippen molar-refractivity contribution >= 4 is 20.9 Å². The van der Waals surface area contributed by atoms with Gasteiger partial charge in [0.1, 0.15) is 5.82 Å². The molecule has 1 aliphatic rings. The van der Waals surface area contributed by atoms with E-state index in [9.17, 15) is 8.42 Å². The maximum Gasteiger partial charge on any atom is 0.175 e. The van der Waals surface area contributed by atoms with Crippen molar-refractivity contribution in [2.75, 3.05) is 12.8 Å². The minimum Gasteiger partial charge on any atom is -0.341 e. The highest BCUT2D eigenvalue weighted by Crippen LogP contribution is 2.24. The second-order valence-corrected chi connectivity index (χ2v) is 6.74. The van der Waals surface area contributed by atoms with Crippen LogP contribution in [-0.4, -0.2) is 31.2 Å². The van der Waals surface area contributed by atoms with E-state index in [0.29, 0.717) is 4.90 Å². The second-order valence-electron chi connectivity index (χ2n) is 4.72. The Labute approximate surface area is 106 Å². The molecule has 96 valence electrons. The summed E-state index contributed by atoms with van der Waals surface area (Å²) in [7, 11) is -3.17. The number of nitrogens with zero attached hydrogens (tertiary/aromatic N) is 1. The minimum absolute atomic E-state index is 0.263. The molecule has 6 heteroatoms. The number of imidazole rings is 1. The molecule has 0 bridgehead atoms. The van der Waals surface area contributed by atoms with Crippen molar-refractivity contribution in [1.82, 2.24) is 15.3 Å². The number of hydrogen-bond acceptors (Lipinski definition) is 4. The zero-order chi connectivity index (χ0) is 12.8. The first kappa shape index (κ1) is 11.7. The van der Waals surface area contributed by atoms with Crippen molar-refractivity contribution in [3.05, 3.63) is 24.0 Å². The molecule has 0 aliphatic carbocycles. The van der Waals surface area contributed by atoms with Gasteiger partial charge in [-0.1, -0.05) is 0 Å². The summed E-state index contributed by atoms with van der Waals surface area (Å²) < 4.78 is 23.0. The summed E-state index contributed by atoms with van der Waals surface area (Å²) in [5, 5.41) is 3.37. The van der Waals surface area contributed by atoms with E-state index >= 15 is 0 Å². The Morgan fingerprint density at radius 1 is 1.39 bits per heavy atom. The van der Waals surface area contributed by atoms with Gasteiger partial charge in [0.15, 0.2) is 9.84 Å². The molecule has 2 heterocycles. The third-order valence-corrected chi connectivity index (χ3v) is 4.40. The smallest absolute Gasteiger partial charge is 0.175 e. The molecule has 1 aromatic heterocycles. The fourth-order valence-corrected chi connectivity index (χ4v) is 2.97. The van der Waals surface area contributed by atoms with Crippen LogP contribution in [-0.2, 0) is 9.84 Å². The average molecular weight is 265 g/mol. The molecule has 5 nitrogen and oxygen atoms in total. The molecular formula is C12H15N3O2S. The van der Waals surface area contributed by atoms with Crippen LogP contribution in [0.1, 0.15) is 24.7 Å². The Bertz CT molecular complexity index is 684. The molecule has 1 atom stereocenters. The van der Waals surface area contributed by atoms with Crippen LogP contribution in [0.5, 0.6) is 0 Å². The molecular weight excluding hydrogens is 250 g/mol. The van der Waals surface area contributed by atoms with Crippen LogP contribution in [0, 0.1) is 0 Å². The van der Waals surface area contributed by atoms with Gasteiger partial charge in [-0.3, -0.25) is 0 Å². The summed E-state index contributed by atoms with van der Waals surface area (Å²) in [4.78, 5) is 8.04. The first-order valence-corrected chi connectivity index (χ1v) is 7.86. The van der Waals surface area contributed by atoms with E-state index in [2.05, 4.69) is 15.3 Å². The number of fused-ring (bicyclic) bond motifs is 1. The highest BCUT2D eigenvalue weighted by molar-refractivity contribution is 7.90. The first-order valence-electron chi connectivity index (χ1n) is 5.97. The van der Waals surface area contributed by atoms with Crippen LogP contribution < -0.4 is 5.32 Å². The molecule has 0 radical (unpaired) electrons. The van der Waals surface area contributed by atoms with E-state index < -0.39 is 9.84 Å². The number of aromatic amines is 1. The molecule has 2 aromatic rings. The van der Waals surface area contributed by atoms with Gasteiger partial charge in [-0.2, -0.15) is 0 Å². The van der Waals surface area contributed by atoms with Gasteiger partial charge < -0.3 is 10.3 Å². The predicted molar refractivity (Wildman–Crippen MR) is 69.2 cm³/mol. The monoisotopic (exact) mass is 265 g/mol. The van der Waals surface area contributed by atoms with Crippen molar-refractivity contribution < 1.29 is 8.42 Å². The van der Waals surface area contributed by atoms with Gasteiger partial charge in [0.25, 0.3) is 0 Å². The molecule has 1 unspecified atom stereocenters. The lowest BCUT2D eigenvalue weighted by atomic mass is 10.2. The molecule has 3 rings (SSSR count). The average Bonchev–Trinajstić information content (AvgIpc) is 2.95. The molecule has 1 saturated heterocycles. The molecule has 2 N–H and O–H groups in total. The maximum atomic E-state index is 11.5. The van der Waals surface area contributed by atoms with Crippen molar-refractivity contribution in [2.24, 2.45) is 0 Å². The maximum absolute atomic E-state index is 11.5. The van der Waals surface area contributed by atoms with Crippen LogP contribution in [0.2, 0.25) is 0 Å². The van der Waals surface area contributed by atoms with Crippen LogP contribution in [0.4, 0.5) is 0 Å². The highest BCUT2D eigenvalue weighted by atomic mass is 32.2. The lowest BCUT2D eigenvalue weighted by Crippen LogP contribution is -2.13. The number of H-pyrrole nitrogens is 1. The zero-order valence-electron chi connectivity index (χ0n) is 10.1. The van der Waals surface area contributed by atoms with E-state index in [0.717, 1.165) is 36.2 Å². The van der Waals surface area contributed by atoms with Gasteiger partial charge in [-0.05, 0) is 37.6 Å². The van der Waals surface area contributed by atoms with Gasteiger partial charge in [0.05, 0.1) is 22.0 Å². The summed E-state index contributed by atoms with van der Waals surface area (Å²) in [6.07, 6.45) is 3.43. The standard InChI is InChI=1S/C12H15N3O2S/c1-18(16,17)8-4-5-9-11(7-8)15-12(14-9)10-3-2-6-13-10/h4-5,7,10,13H,2-3,6H2,1H3,(H,14,15). The second kappa shape index (κ2) is 4.07. The summed E-state index contributed by atoms with van der Waals surface area (Å²) in [5.41, 5.74) is 1.59. The Kier molecular flexibility index (Phi) is 2.64.